The molecule has 3 aliphatic rings. The largest absolute Gasteiger partial charge is 0.508 e. The molecule has 0 saturated carbocycles. The molecule has 0 saturated heterocycles. The molecular formula is C30H22O10. The van der Waals surface area contributed by atoms with Crippen LogP contribution in [0.15, 0.2) is 66.7 Å². The lowest BCUT2D eigenvalue weighted by Gasteiger charge is -2.43. The molecule has 3 heterocycles. The molecule has 10 nitrogen and oxygen atoms in total. The zero-order valence-electron chi connectivity index (χ0n) is 20.7. The summed E-state index contributed by atoms with van der Waals surface area (Å²) in [5.74, 6) is -4.77. The number of benzene rings is 4. The second-order valence-corrected chi connectivity index (χ2v) is 10.1. The van der Waals surface area contributed by atoms with Gasteiger partial charge in [-0.2, -0.15) is 0 Å². The van der Waals surface area contributed by atoms with Crippen molar-refractivity contribution in [2.45, 2.75) is 30.3 Å². The third-order valence-corrected chi connectivity index (χ3v) is 7.72. The summed E-state index contributed by atoms with van der Waals surface area (Å²) in [7, 11) is 0. The number of phenolic OH excluding ortho intramolecular Hbond substituents is 5. The SMILES string of the molecule is O=C1c2c(O)cc(O)cc2O[C@]2(c3ccc(O)cc3)Oc3cc(O)c4c(c3[C@]12O)O[C@@H](c1ccc(O)cc1)CC4. The molecule has 0 fully saturated rings. The number of ether oxygens (including phenoxy) is 3. The van der Waals surface area contributed by atoms with Crippen LogP contribution < -0.4 is 14.2 Å². The zero-order chi connectivity index (χ0) is 28.0. The Morgan fingerprint density at radius 2 is 1.40 bits per heavy atom. The Morgan fingerprint density at radius 3 is 2.10 bits per heavy atom. The van der Waals surface area contributed by atoms with Crippen molar-refractivity contribution in [2.24, 2.45) is 0 Å². The molecule has 4 aromatic rings. The van der Waals surface area contributed by atoms with E-state index < -0.39 is 29.0 Å². The molecular weight excluding hydrogens is 520 g/mol. The standard InChI is InChI=1S/C30H22O10/c31-16-5-1-14(2-6-16)22-10-9-19-20(34)13-24-26(27(19)38-22)29(37)28(36)25-21(35)11-18(33)12-23(25)39-30(29,40-24)15-3-7-17(32)8-4-15/h1-8,11-13,22,31-35,37H,9-10H2/t22-,29+,30-/m1/s1. The van der Waals surface area contributed by atoms with Crippen molar-refractivity contribution in [3.05, 3.63) is 94.5 Å². The predicted molar refractivity (Wildman–Crippen MR) is 137 cm³/mol. The van der Waals surface area contributed by atoms with Crippen LogP contribution >= 0.6 is 0 Å². The predicted octanol–water partition coefficient (Wildman–Crippen LogP) is 3.99. The zero-order valence-corrected chi connectivity index (χ0v) is 20.7. The van der Waals surface area contributed by atoms with Crippen LogP contribution in [0.1, 0.15) is 45.1 Å². The Labute approximate surface area is 226 Å². The molecule has 6 N–H and O–H groups in total. The number of Topliss-reactive ketones (excluding diaryl/α,β-unsaturated/α-hetero) is 1. The summed E-state index contributed by atoms with van der Waals surface area (Å²) >= 11 is 0. The molecule has 0 spiro atoms. The first-order valence-corrected chi connectivity index (χ1v) is 12.5. The number of rotatable bonds is 2. The number of aromatic hydroxyl groups is 5. The van der Waals surface area contributed by atoms with Crippen LogP contribution in [0.25, 0.3) is 0 Å². The molecule has 0 aromatic heterocycles. The van der Waals surface area contributed by atoms with Crippen LogP contribution in [0.5, 0.6) is 46.0 Å². The van der Waals surface area contributed by atoms with Crippen molar-refractivity contribution in [2.75, 3.05) is 0 Å². The number of hydrogen-bond donors (Lipinski definition) is 6. The van der Waals surface area contributed by atoms with E-state index in [0.717, 1.165) is 17.7 Å². The van der Waals surface area contributed by atoms with E-state index in [0.29, 0.717) is 18.4 Å². The number of phenols is 5. The van der Waals surface area contributed by atoms with Crippen molar-refractivity contribution < 1.29 is 49.6 Å². The van der Waals surface area contributed by atoms with Gasteiger partial charge in [0.2, 0.25) is 11.4 Å². The highest BCUT2D eigenvalue weighted by Crippen LogP contribution is 2.64. The van der Waals surface area contributed by atoms with Gasteiger partial charge in [-0.15, -0.1) is 0 Å². The van der Waals surface area contributed by atoms with Gasteiger partial charge in [0, 0.05) is 29.3 Å². The molecule has 3 aliphatic heterocycles. The molecule has 0 unspecified atom stereocenters. The molecule has 4 aromatic carbocycles. The van der Waals surface area contributed by atoms with Crippen LogP contribution in [0.3, 0.4) is 0 Å². The lowest BCUT2D eigenvalue weighted by Crippen LogP contribution is -2.60. The molecule has 7 rings (SSSR count). The van der Waals surface area contributed by atoms with Crippen molar-refractivity contribution in [1.82, 2.24) is 0 Å². The smallest absolute Gasteiger partial charge is 0.319 e. The second kappa shape index (κ2) is 7.96. The molecule has 0 aliphatic carbocycles. The topological polar surface area (TPSA) is 166 Å². The molecule has 40 heavy (non-hydrogen) atoms. The maximum Gasteiger partial charge on any atom is 0.319 e. The minimum absolute atomic E-state index is 0.0288. The van der Waals surface area contributed by atoms with E-state index in [4.69, 9.17) is 14.2 Å². The Balaban J connectivity index is 1.48. The number of hydrogen-bond acceptors (Lipinski definition) is 10. The number of aliphatic hydroxyl groups is 1. The summed E-state index contributed by atoms with van der Waals surface area (Å²) in [6.45, 7) is 0. The summed E-state index contributed by atoms with van der Waals surface area (Å²) in [5.41, 5.74) is -1.92. The Bertz CT molecular complexity index is 1710. The maximum atomic E-state index is 14.3. The molecule has 0 amide bonds. The molecule has 0 radical (unpaired) electrons. The van der Waals surface area contributed by atoms with Crippen LogP contribution in [0, 0.1) is 0 Å². The summed E-state index contributed by atoms with van der Waals surface area (Å²) in [5, 5.41) is 63.9. The van der Waals surface area contributed by atoms with Gasteiger partial charge in [-0.1, -0.05) is 12.1 Å². The minimum atomic E-state index is -2.64. The Hall–Kier alpha value is -5.09. The number of carbonyl (C=O) groups excluding carboxylic acids is 1. The molecule has 3 atom stereocenters. The summed E-state index contributed by atoms with van der Waals surface area (Å²) in [4.78, 5) is 14.3. The quantitative estimate of drug-likeness (QED) is 0.218. The highest BCUT2D eigenvalue weighted by Gasteiger charge is 2.72. The number of carbonyl (C=O) groups is 1. The monoisotopic (exact) mass is 542 g/mol. The molecule has 202 valence electrons. The highest BCUT2D eigenvalue weighted by molar-refractivity contribution is 6.10. The fourth-order valence-corrected chi connectivity index (χ4v) is 5.85. The van der Waals surface area contributed by atoms with E-state index in [1.54, 1.807) is 12.1 Å². The number of fused-ring (bicyclic) bond motifs is 6. The van der Waals surface area contributed by atoms with Gasteiger partial charge in [0.25, 0.3) is 0 Å². The van der Waals surface area contributed by atoms with Gasteiger partial charge in [-0.05, 0) is 54.8 Å². The van der Waals surface area contributed by atoms with Gasteiger partial charge in [0.05, 0.1) is 5.56 Å². The van der Waals surface area contributed by atoms with Crippen LogP contribution in [0.2, 0.25) is 0 Å². The minimum Gasteiger partial charge on any atom is -0.508 e. The van der Waals surface area contributed by atoms with Crippen molar-refractivity contribution >= 4 is 5.78 Å². The first-order chi connectivity index (χ1) is 19.1. The van der Waals surface area contributed by atoms with Gasteiger partial charge in [0.15, 0.2) is 0 Å². The van der Waals surface area contributed by atoms with E-state index in [-0.39, 0.29) is 56.9 Å². The summed E-state index contributed by atoms with van der Waals surface area (Å²) < 4.78 is 18.8. The average Bonchev–Trinajstić information content (AvgIpc) is 3.18. The lowest BCUT2D eigenvalue weighted by atomic mass is 9.74. The summed E-state index contributed by atoms with van der Waals surface area (Å²) in [6, 6.07) is 15.2. The van der Waals surface area contributed by atoms with E-state index in [2.05, 4.69) is 0 Å². The van der Waals surface area contributed by atoms with Crippen LogP contribution in [0.4, 0.5) is 0 Å². The van der Waals surface area contributed by atoms with Crippen LogP contribution in [-0.4, -0.2) is 36.4 Å². The highest BCUT2D eigenvalue weighted by atomic mass is 16.7. The van der Waals surface area contributed by atoms with Crippen molar-refractivity contribution in [3.8, 4) is 46.0 Å². The maximum absolute atomic E-state index is 14.3. The van der Waals surface area contributed by atoms with Gasteiger partial charge in [0.1, 0.15) is 57.7 Å². The second-order valence-electron chi connectivity index (χ2n) is 10.1. The van der Waals surface area contributed by atoms with Gasteiger partial charge in [-0.3, -0.25) is 4.79 Å². The fraction of sp³-hybridized carbons (Fsp3) is 0.167. The average molecular weight is 542 g/mol. The first kappa shape index (κ1) is 24.0. The summed E-state index contributed by atoms with van der Waals surface area (Å²) in [6.07, 6.45) is 0.232. The van der Waals surface area contributed by atoms with Crippen molar-refractivity contribution in [3.63, 3.8) is 0 Å². The van der Waals surface area contributed by atoms with E-state index in [9.17, 15) is 35.4 Å². The van der Waals surface area contributed by atoms with E-state index >= 15 is 0 Å². The van der Waals surface area contributed by atoms with E-state index in [1.807, 2.05) is 0 Å². The Kier molecular flexibility index (Phi) is 4.78. The van der Waals surface area contributed by atoms with Gasteiger partial charge < -0.3 is 44.8 Å². The van der Waals surface area contributed by atoms with E-state index in [1.165, 1.54) is 42.5 Å². The van der Waals surface area contributed by atoms with Gasteiger partial charge >= 0.3 is 5.79 Å². The third-order valence-electron chi connectivity index (χ3n) is 7.72. The van der Waals surface area contributed by atoms with Crippen molar-refractivity contribution in [1.29, 1.82) is 0 Å². The fourth-order valence-electron chi connectivity index (χ4n) is 5.85. The first-order valence-electron chi connectivity index (χ1n) is 12.5. The van der Waals surface area contributed by atoms with Crippen LogP contribution in [-0.2, 0) is 17.8 Å². The Morgan fingerprint density at radius 1 is 0.750 bits per heavy atom. The molecule has 0 bridgehead atoms. The number of ketones is 1. The molecule has 10 heteroatoms. The normalized spacial score (nSPS) is 24.0. The van der Waals surface area contributed by atoms with Gasteiger partial charge in [-0.25, -0.2) is 0 Å². The third kappa shape index (κ3) is 3.04. The lowest BCUT2D eigenvalue weighted by molar-refractivity contribution is -0.218.